The van der Waals surface area contributed by atoms with E-state index in [2.05, 4.69) is 49.5 Å². The zero-order chi connectivity index (χ0) is 12.8. The summed E-state index contributed by atoms with van der Waals surface area (Å²) in [5.41, 5.74) is 1.29. The van der Waals surface area contributed by atoms with Gasteiger partial charge in [0.15, 0.2) is 0 Å². The van der Waals surface area contributed by atoms with E-state index in [-0.39, 0.29) is 0 Å². The Balaban J connectivity index is 2.59. The maximum Gasteiger partial charge on any atom is 0.0951 e. The van der Waals surface area contributed by atoms with Crippen LogP contribution in [0.4, 0.5) is 0 Å². The number of rotatable bonds is 7. The molecule has 2 unspecified atom stereocenters. The zero-order valence-electron chi connectivity index (χ0n) is 11.9. The fraction of sp³-hybridized carbons (Fsp3) is 0.786. The first-order chi connectivity index (χ1) is 8.06. The summed E-state index contributed by atoms with van der Waals surface area (Å²) in [5, 5.41) is 3.48. The van der Waals surface area contributed by atoms with Gasteiger partial charge in [0.05, 0.1) is 12.0 Å². The number of nitrogens with one attached hydrogen (secondary N) is 1. The van der Waals surface area contributed by atoms with Gasteiger partial charge in [-0.05, 0) is 25.3 Å². The molecule has 0 saturated carbocycles. The largest absolute Gasteiger partial charge is 0.330 e. The van der Waals surface area contributed by atoms with Gasteiger partial charge in [-0.2, -0.15) is 0 Å². The topological polar surface area (TPSA) is 29.9 Å². The van der Waals surface area contributed by atoms with Crippen molar-refractivity contribution in [3.63, 3.8) is 0 Å². The standard InChI is InChI=1S/C14H27N3/c1-6-12(4)13(5)17-10-16-9-14(17)8-15-7-11(2)3/h9-13,15H,6-8H2,1-5H3. The van der Waals surface area contributed by atoms with E-state index in [1.54, 1.807) is 0 Å². The third-order valence-electron chi connectivity index (χ3n) is 3.51. The van der Waals surface area contributed by atoms with Crippen LogP contribution in [-0.2, 0) is 6.54 Å². The number of hydrogen-bond donors (Lipinski definition) is 1. The molecule has 0 aliphatic heterocycles. The van der Waals surface area contributed by atoms with Crippen LogP contribution in [0, 0.1) is 11.8 Å². The first kappa shape index (κ1) is 14.2. The average molecular weight is 237 g/mol. The minimum absolute atomic E-state index is 0.526. The average Bonchev–Trinajstić information content (AvgIpc) is 2.74. The normalized spacial score (nSPS) is 15.2. The second-order valence-electron chi connectivity index (χ2n) is 5.44. The molecule has 17 heavy (non-hydrogen) atoms. The Bertz CT molecular complexity index is 317. The summed E-state index contributed by atoms with van der Waals surface area (Å²) in [7, 11) is 0. The molecule has 2 atom stereocenters. The molecule has 98 valence electrons. The van der Waals surface area contributed by atoms with Gasteiger partial charge in [0.2, 0.25) is 0 Å². The lowest BCUT2D eigenvalue weighted by atomic mass is 10.0. The van der Waals surface area contributed by atoms with Gasteiger partial charge in [-0.3, -0.25) is 0 Å². The second kappa shape index (κ2) is 6.80. The SMILES string of the molecule is CCC(C)C(C)n1cncc1CNCC(C)C. The molecule has 0 saturated heterocycles. The molecular formula is C14H27N3. The molecule has 0 aromatic carbocycles. The minimum atomic E-state index is 0.526. The van der Waals surface area contributed by atoms with E-state index >= 15 is 0 Å². The van der Waals surface area contributed by atoms with E-state index in [4.69, 9.17) is 0 Å². The van der Waals surface area contributed by atoms with Crippen LogP contribution >= 0.6 is 0 Å². The monoisotopic (exact) mass is 237 g/mol. The summed E-state index contributed by atoms with van der Waals surface area (Å²) in [4.78, 5) is 4.28. The van der Waals surface area contributed by atoms with E-state index in [0.29, 0.717) is 17.9 Å². The van der Waals surface area contributed by atoms with Crippen molar-refractivity contribution in [1.29, 1.82) is 0 Å². The highest BCUT2D eigenvalue weighted by atomic mass is 15.1. The van der Waals surface area contributed by atoms with Crippen molar-refractivity contribution in [1.82, 2.24) is 14.9 Å². The quantitative estimate of drug-likeness (QED) is 0.789. The smallest absolute Gasteiger partial charge is 0.0951 e. The van der Waals surface area contributed by atoms with Gasteiger partial charge in [0, 0.05) is 18.8 Å². The fourth-order valence-corrected chi connectivity index (χ4v) is 1.94. The maximum atomic E-state index is 4.28. The van der Waals surface area contributed by atoms with Gasteiger partial charge in [0.25, 0.3) is 0 Å². The molecule has 0 fully saturated rings. The lowest BCUT2D eigenvalue weighted by molar-refractivity contribution is 0.359. The zero-order valence-corrected chi connectivity index (χ0v) is 11.9. The van der Waals surface area contributed by atoms with Crippen LogP contribution in [0.25, 0.3) is 0 Å². The molecule has 3 heteroatoms. The summed E-state index contributed by atoms with van der Waals surface area (Å²) in [5.74, 6) is 1.38. The molecule has 0 spiro atoms. The third-order valence-corrected chi connectivity index (χ3v) is 3.51. The minimum Gasteiger partial charge on any atom is -0.330 e. The Kier molecular flexibility index (Phi) is 5.69. The number of aromatic nitrogens is 2. The molecule has 3 nitrogen and oxygen atoms in total. The summed E-state index contributed by atoms with van der Waals surface area (Å²) in [6.45, 7) is 13.3. The second-order valence-corrected chi connectivity index (χ2v) is 5.44. The van der Waals surface area contributed by atoms with Crippen LogP contribution in [0.5, 0.6) is 0 Å². The first-order valence-electron chi connectivity index (χ1n) is 6.77. The van der Waals surface area contributed by atoms with E-state index in [0.717, 1.165) is 13.1 Å². The number of nitrogens with zero attached hydrogens (tertiary/aromatic N) is 2. The highest BCUT2D eigenvalue weighted by Crippen LogP contribution is 2.21. The summed E-state index contributed by atoms with van der Waals surface area (Å²) in [6, 6.07) is 0.526. The predicted molar refractivity (Wildman–Crippen MR) is 72.9 cm³/mol. The Hall–Kier alpha value is -0.830. The van der Waals surface area contributed by atoms with Gasteiger partial charge < -0.3 is 9.88 Å². The summed E-state index contributed by atoms with van der Waals surface area (Å²) in [6.07, 6.45) is 5.15. The Morgan fingerprint density at radius 1 is 1.29 bits per heavy atom. The maximum absolute atomic E-state index is 4.28. The van der Waals surface area contributed by atoms with E-state index in [1.165, 1.54) is 12.1 Å². The van der Waals surface area contributed by atoms with Crippen LogP contribution in [0.15, 0.2) is 12.5 Å². The Labute approximate surface area is 106 Å². The molecule has 0 bridgehead atoms. The molecule has 1 aromatic rings. The van der Waals surface area contributed by atoms with Crippen molar-refractivity contribution >= 4 is 0 Å². The molecule has 1 rings (SSSR count). The van der Waals surface area contributed by atoms with Crippen LogP contribution in [0.3, 0.4) is 0 Å². The summed E-state index contributed by atoms with van der Waals surface area (Å²) >= 11 is 0. The van der Waals surface area contributed by atoms with Crippen LogP contribution in [-0.4, -0.2) is 16.1 Å². The van der Waals surface area contributed by atoms with E-state index in [9.17, 15) is 0 Å². The first-order valence-corrected chi connectivity index (χ1v) is 6.77. The molecule has 0 aliphatic rings. The molecule has 1 aromatic heterocycles. The van der Waals surface area contributed by atoms with Gasteiger partial charge in [-0.15, -0.1) is 0 Å². The van der Waals surface area contributed by atoms with Crippen LogP contribution in [0.2, 0.25) is 0 Å². The number of imidazole rings is 1. The van der Waals surface area contributed by atoms with E-state index < -0.39 is 0 Å². The van der Waals surface area contributed by atoms with Crippen molar-refractivity contribution in [2.75, 3.05) is 6.54 Å². The molecule has 0 radical (unpaired) electrons. The Morgan fingerprint density at radius 3 is 2.59 bits per heavy atom. The molecule has 0 amide bonds. The molecular weight excluding hydrogens is 210 g/mol. The predicted octanol–water partition coefficient (Wildman–Crippen LogP) is 3.24. The molecule has 0 aliphatic carbocycles. The highest BCUT2D eigenvalue weighted by Gasteiger charge is 2.14. The molecule has 1 N–H and O–H groups in total. The third kappa shape index (κ3) is 4.15. The van der Waals surface area contributed by atoms with Crippen molar-refractivity contribution in [2.24, 2.45) is 11.8 Å². The fourth-order valence-electron chi connectivity index (χ4n) is 1.94. The van der Waals surface area contributed by atoms with Crippen molar-refractivity contribution < 1.29 is 0 Å². The van der Waals surface area contributed by atoms with Gasteiger partial charge in [0.1, 0.15) is 0 Å². The lowest BCUT2D eigenvalue weighted by Crippen LogP contribution is -2.23. The van der Waals surface area contributed by atoms with Crippen LogP contribution < -0.4 is 5.32 Å². The van der Waals surface area contributed by atoms with Gasteiger partial charge >= 0.3 is 0 Å². The van der Waals surface area contributed by atoms with Gasteiger partial charge in [-0.25, -0.2) is 4.98 Å². The van der Waals surface area contributed by atoms with Crippen molar-refractivity contribution in [3.05, 3.63) is 18.2 Å². The van der Waals surface area contributed by atoms with Crippen LogP contribution in [0.1, 0.15) is 52.8 Å². The Morgan fingerprint density at radius 2 is 2.00 bits per heavy atom. The molecule has 1 heterocycles. The van der Waals surface area contributed by atoms with Crippen molar-refractivity contribution in [3.8, 4) is 0 Å². The van der Waals surface area contributed by atoms with Crippen molar-refractivity contribution in [2.45, 2.75) is 53.6 Å². The van der Waals surface area contributed by atoms with Gasteiger partial charge in [-0.1, -0.05) is 34.1 Å². The summed E-state index contributed by atoms with van der Waals surface area (Å²) < 4.78 is 2.31. The lowest BCUT2D eigenvalue weighted by Gasteiger charge is -2.22. The number of hydrogen-bond acceptors (Lipinski definition) is 2. The van der Waals surface area contributed by atoms with E-state index in [1.807, 2.05) is 12.5 Å². The highest BCUT2D eigenvalue weighted by molar-refractivity contribution is 5.00.